The van der Waals surface area contributed by atoms with Crippen molar-refractivity contribution < 1.29 is 4.57 Å². The SMILES string of the molecule is CCCCCN1C=CN(P(=O)(c2ccccc2)c2ccccc2)C1CCC. The van der Waals surface area contributed by atoms with E-state index < -0.39 is 7.29 Å². The van der Waals surface area contributed by atoms with Gasteiger partial charge in [0, 0.05) is 29.6 Å². The van der Waals surface area contributed by atoms with Crippen LogP contribution in [0.15, 0.2) is 73.1 Å². The van der Waals surface area contributed by atoms with E-state index in [0.29, 0.717) is 0 Å². The van der Waals surface area contributed by atoms with Crippen molar-refractivity contribution in [2.75, 3.05) is 6.54 Å². The zero-order valence-corrected chi connectivity index (χ0v) is 17.4. The van der Waals surface area contributed by atoms with Gasteiger partial charge in [-0.05, 0) is 37.1 Å². The minimum atomic E-state index is -2.93. The summed E-state index contributed by atoms with van der Waals surface area (Å²) in [4.78, 5) is 2.39. The summed E-state index contributed by atoms with van der Waals surface area (Å²) in [5, 5.41) is 1.80. The number of rotatable bonds is 9. The van der Waals surface area contributed by atoms with Gasteiger partial charge in [-0.15, -0.1) is 0 Å². The molecular weight excluding hydrogens is 351 g/mol. The maximum absolute atomic E-state index is 14.6. The third-order valence-electron chi connectivity index (χ3n) is 5.20. The van der Waals surface area contributed by atoms with Crippen LogP contribution in [0.5, 0.6) is 0 Å². The third-order valence-corrected chi connectivity index (χ3v) is 8.25. The second kappa shape index (κ2) is 9.28. The first-order valence-electron chi connectivity index (χ1n) is 10.2. The fraction of sp³-hybridized carbons (Fsp3) is 0.391. The number of hydrogen-bond donors (Lipinski definition) is 0. The molecule has 144 valence electrons. The minimum absolute atomic E-state index is 0.151. The van der Waals surface area contributed by atoms with Gasteiger partial charge in [0.1, 0.15) is 6.17 Å². The lowest BCUT2D eigenvalue weighted by Crippen LogP contribution is -2.41. The molecule has 2 aromatic carbocycles. The first kappa shape index (κ1) is 19.8. The van der Waals surface area contributed by atoms with Crippen LogP contribution in [0.4, 0.5) is 0 Å². The topological polar surface area (TPSA) is 23.6 Å². The van der Waals surface area contributed by atoms with Crippen molar-refractivity contribution in [1.29, 1.82) is 0 Å². The van der Waals surface area contributed by atoms with Gasteiger partial charge >= 0.3 is 0 Å². The van der Waals surface area contributed by atoms with Crippen LogP contribution in [0.1, 0.15) is 46.0 Å². The van der Waals surface area contributed by atoms with Gasteiger partial charge in [-0.1, -0.05) is 69.5 Å². The molecule has 3 nitrogen and oxygen atoms in total. The van der Waals surface area contributed by atoms with E-state index in [1.54, 1.807) is 0 Å². The normalized spacial score (nSPS) is 16.9. The molecule has 1 aliphatic rings. The predicted octanol–water partition coefficient (Wildman–Crippen LogP) is 5.32. The maximum atomic E-state index is 14.6. The van der Waals surface area contributed by atoms with Crippen LogP contribution in [0.3, 0.4) is 0 Å². The summed E-state index contributed by atoms with van der Waals surface area (Å²) in [7, 11) is -2.93. The van der Waals surface area contributed by atoms with E-state index in [1.807, 2.05) is 60.7 Å². The van der Waals surface area contributed by atoms with Gasteiger partial charge in [-0.2, -0.15) is 0 Å². The molecule has 1 atom stereocenters. The van der Waals surface area contributed by atoms with E-state index in [0.717, 1.165) is 30.0 Å². The van der Waals surface area contributed by atoms with Crippen LogP contribution in [-0.4, -0.2) is 22.3 Å². The van der Waals surface area contributed by atoms with Crippen LogP contribution in [0.2, 0.25) is 0 Å². The molecule has 0 bridgehead atoms. The van der Waals surface area contributed by atoms with Gasteiger partial charge in [-0.25, -0.2) is 0 Å². The van der Waals surface area contributed by atoms with Crippen molar-refractivity contribution in [3.05, 3.63) is 73.1 Å². The van der Waals surface area contributed by atoms with E-state index in [2.05, 4.69) is 35.8 Å². The van der Waals surface area contributed by atoms with Crippen molar-refractivity contribution in [2.45, 2.75) is 52.1 Å². The van der Waals surface area contributed by atoms with Crippen molar-refractivity contribution in [2.24, 2.45) is 0 Å². The lowest BCUT2D eigenvalue weighted by atomic mass is 10.2. The maximum Gasteiger partial charge on any atom is 0.230 e. The molecule has 0 saturated heterocycles. The Balaban J connectivity index is 1.99. The highest BCUT2D eigenvalue weighted by atomic mass is 31.2. The first-order chi connectivity index (χ1) is 13.2. The molecule has 0 amide bonds. The van der Waals surface area contributed by atoms with Gasteiger partial charge in [-0.3, -0.25) is 9.24 Å². The number of unbranched alkanes of at least 4 members (excludes halogenated alkanes) is 2. The highest BCUT2D eigenvalue weighted by molar-refractivity contribution is 7.76. The van der Waals surface area contributed by atoms with E-state index >= 15 is 0 Å². The minimum Gasteiger partial charge on any atom is -0.356 e. The Bertz CT molecular complexity index is 732. The average molecular weight is 382 g/mol. The lowest BCUT2D eigenvalue weighted by Gasteiger charge is -2.38. The van der Waals surface area contributed by atoms with Crippen molar-refractivity contribution >= 4 is 17.9 Å². The molecule has 1 aliphatic heterocycles. The fourth-order valence-electron chi connectivity index (χ4n) is 3.79. The smallest absolute Gasteiger partial charge is 0.230 e. The summed E-state index contributed by atoms with van der Waals surface area (Å²) >= 11 is 0. The summed E-state index contributed by atoms with van der Waals surface area (Å²) < 4.78 is 16.8. The fourth-order valence-corrected chi connectivity index (χ4v) is 6.64. The zero-order valence-electron chi connectivity index (χ0n) is 16.5. The van der Waals surface area contributed by atoms with Gasteiger partial charge < -0.3 is 4.90 Å². The summed E-state index contributed by atoms with van der Waals surface area (Å²) in [6, 6.07) is 19.9. The molecule has 27 heavy (non-hydrogen) atoms. The van der Waals surface area contributed by atoms with Crippen LogP contribution >= 0.6 is 7.29 Å². The van der Waals surface area contributed by atoms with Gasteiger partial charge in [0.25, 0.3) is 0 Å². The number of nitrogens with zero attached hydrogens (tertiary/aromatic N) is 2. The Morgan fingerprint density at radius 2 is 1.41 bits per heavy atom. The van der Waals surface area contributed by atoms with Crippen molar-refractivity contribution in [3.8, 4) is 0 Å². The summed E-state index contributed by atoms with van der Waals surface area (Å²) in [6.07, 6.45) is 10.1. The Labute approximate surface area is 164 Å². The number of hydrogen-bond acceptors (Lipinski definition) is 2. The highest BCUT2D eigenvalue weighted by Gasteiger charge is 2.40. The molecule has 0 spiro atoms. The van der Waals surface area contributed by atoms with Gasteiger partial charge in [0.2, 0.25) is 7.29 Å². The van der Waals surface area contributed by atoms with E-state index in [-0.39, 0.29) is 6.17 Å². The molecule has 4 heteroatoms. The summed E-state index contributed by atoms with van der Waals surface area (Å²) in [6.45, 7) is 5.46. The molecule has 0 aromatic heterocycles. The predicted molar refractivity (Wildman–Crippen MR) is 116 cm³/mol. The van der Waals surface area contributed by atoms with Crippen LogP contribution in [0, 0.1) is 0 Å². The molecule has 0 fully saturated rings. The Hall–Kier alpha value is -1.99. The van der Waals surface area contributed by atoms with Crippen LogP contribution in [0.25, 0.3) is 0 Å². The second-order valence-electron chi connectivity index (χ2n) is 7.14. The van der Waals surface area contributed by atoms with Crippen molar-refractivity contribution in [1.82, 2.24) is 9.57 Å². The second-order valence-corrected chi connectivity index (χ2v) is 9.79. The quantitative estimate of drug-likeness (QED) is 0.433. The highest BCUT2D eigenvalue weighted by Crippen LogP contribution is 2.51. The zero-order chi connectivity index (χ0) is 19.1. The largest absolute Gasteiger partial charge is 0.356 e. The van der Waals surface area contributed by atoms with Crippen molar-refractivity contribution in [3.63, 3.8) is 0 Å². The Kier molecular flexibility index (Phi) is 6.79. The third kappa shape index (κ3) is 4.14. The molecule has 0 saturated carbocycles. The molecule has 1 heterocycles. The van der Waals surface area contributed by atoms with E-state index in [1.165, 1.54) is 19.3 Å². The van der Waals surface area contributed by atoms with Gasteiger partial charge in [0.15, 0.2) is 0 Å². The van der Waals surface area contributed by atoms with Crippen LogP contribution < -0.4 is 10.6 Å². The number of benzene rings is 2. The molecule has 0 N–H and O–H groups in total. The molecule has 2 aromatic rings. The Morgan fingerprint density at radius 3 is 1.93 bits per heavy atom. The summed E-state index contributed by atoms with van der Waals surface area (Å²) in [5.74, 6) is 0. The molecule has 3 rings (SSSR count). The lowest BCUT2D eigenvalue weighted by molar-refractivity contribution is 0.199. The molecule has 1 unspecified atom stereocenters. The average Bonchev–Trinajstić information content (AvgIpc) is 3.12. The first-order valence-corrected chi connectivity index (χ1v) is 11.8. The molecule has 0 aliphatic carbocycles. The Morgan fingerprint density at radius 1 is 0.815 bits per heavy atom. The van der Waals surface area contributed by atoms with E-state index in [4.69, 9.17) is 0 Å². The van der Waals surface area contributed by atoms with Gasteiger partial charge in [0.05, 0.1) is 0 Å². The molecular formula is C23H31N2OP. The standard InChI is InChI=1S/C23H31N2OP/c1-3-5-12-18-24-19-20-25(23(24)13-4-2)27(26,21-14-8-6-9-15-21)22-16-10-7-11-17-22/h6-11,14-17,19-20,23H,3-5,12-13,18H2,1-2H3. The molecule has 0 radical (unpaired) electrons. The summed E-state index contributed by atoms with van der Waals surface area (Å²) in [5.41, 5.74) is 0. The monoisotopic (exact) mass is 382 g/mol. The van der Waals surface area contributed by atoms with Crippen LogP contribution in [-0.2, 0) is 4.57 Å². The van der Waals surface area contributed by atoms with E-state index in [9.17, 15) is 4.57 Å².